The number of nitrogens with zero attached hydrogens (tertiary/aromatic N) is 4. The van der Waals surface area contributed by atoms with Gasteiger partial charge in [0.25, 0.3) is 11.7 Å². The zero-order valence-electron chi connectivity index (χ0n) is 15.6. The summed E-state index contributed by atoms with van der Waals surface area (Å²) in [6, 6.07) is 9.17. The first-order chi connectivity index (χ1) is 13.0. The van der Waals surface area contributed by atoms with E-state index in [1.54, 1.807) is 12.3 Å². The molecule has 0 bridgehead atoms. The molecule has 1 atom stereocenters. The Morgan fingerprint density at radius 2 is 2.07 bits per heavy atom. The minimum Gasteiger partial charge on any atom is -0.345 e. The maximum atomic E-state index is 12.3. The fourth-order valence-electron chi connectivity index (χ4n) is 2.47. The van der Waals surface area contributed by atoms with E-state index in [4.69, 9.17) is 0 Å². The van der Waals surface area contributed by atoms with Crippen molar-refractivity contribution in [1.29, 1.82) is 0 Å². The Kier molecular flexibility index (Phi) is 5.44. The van der Waals surface area contributed by atoms with E-state index in [1.807, 2.05) is 45.0 Å². The van der Waals surface area contributed by atoms with Crippen LogP contribution in [0.1, 0.15) is 42.1 Å². The number of nitrogens with one attached hydrogen (secondary N) is 2. The van der Waals surface area contributed by atoms with E-state index >= 15 is 0 Å². The van der Waals surface area contributed by atoms with Crippen molar-refractivity contribution in [2.75, 3.05) is 5.32 Å². The second kappa shape index (κ2) is 7.94. The van der Waals surface area contributed by atoms with Gasteiger partial charge in [-0.25, -0.2) is 9.50 Å². The molecule has 0 radical (unpaired) electrons. The van der Waals surface area contributed by atoms with E-state index in [2.05, 4.69) is 25.7 Å². The molecule has 0 saturated heterocycles. The van der Waals surface area contributed by atoms with Gasteiger partial charge in [-0.1, -0.05) is 26.0 Å². The van der Waals surface area contributed by atoms with E-state index in [0.29, 0.717) is 18.0 Å². The lowest BCUT2D eigenvalue weighted by Crippen LogP contribution is -2.24. The topological polar surface area (TPSA) is 101 Å². The van der Waals surface area contributed by atoms with Crippen molar-refractivity contribution in [3.05, 3.63) is 53.6 Å². The number of carbonyl (C=O) groups is 2. The van der Waals surface area contributed by atoms with Crippen LogP contribution in [0.2, 0.25) is 0 Å². The predicted molar refractivity (Wildman–Crippen MR) is 101 cm³/mol. The molecule has 0 aliphatic heterocycles. The molecule has 2 aromatic heterocycles. The van der Waals surface area contributed by atoms with Gasteiger partial charge in [0.15, 0.2) is 0 Å². The van der Waals surface area contributed by atoms with Crippen molar-refractivity contribution >= 4 is 23.3 Å². The lowest BCUT2D eigenvalue weighted by molar-refractivity contribution is -0.119. The van der Waals surface area contributed by atoms with Gasteiger partial charge in [-0.2, -0.15) is 4.98 Å². The molecule has 2 heterocycles. The Balaban J connectivity index is 1.65. The lowest BCUT2D eigenvalue weighted by atomic mass is 10.1. The number of rotatable bonds is 6. The van der Waals surface area contributed by atoms with E-state index in [-0.39, 0.29) is 23.6 Å². The van der Waals surface area contributed by atoms with Crippen LogP contribution in [-0.2, 0) is 11.3 Å². The third-order valence-corrected chi connectivity index (χ3v) is 4.34. The number of anilines is 1. The summed E-state index contributed by atoms with van der Waals surface area (Å²) < 4.78 is 1.53. The summed E-state index contributed by atoms with van der Waals surface area (Å²) in [6.07, 6.45) is 2.40. The number of aromatic nitrogens is 4. The quantitative estimate of drug-likeness (QED) is 0.697. The van der Waals surface area contributed by atoms with Crippen LogP contribution >= 0.6 is 0 Å². The van der Waals surface area contributed by atoms with E-state index in [9.17, 15) is 9.59 Å². The first-order valence-electron chi connectivity index (χ1n) is 8.84. The molecule has 0 fully saturated rings. The third kappa shape index (κ3) is 4.28. The number of hydrogen-bond donors (Lipinski definition) is 2. The van der Waals surface area contributed by atoms with Crippen LogP contribution in [0, 0.1) is 12.8 Å². The molecule has 0 aliphatic carbocycles. The average Bonchev–Trinajstić information content (AvgIpc) is 3.11. The van der Waals surface area contributed by atoms with Crippen molar-refractivity contribution in [3.63, 3.8) is 0 Å². The largest absolute Gasteiger partial charge is 0.345 e. The summed E-state index contributed by atoms with van der Waals surface area (Å²) in [4.78, 5) is 32.6. The van der Waals surface area contributed by atoms with Crippen molar-refractivity contribution in [2.45, 2.75) is 33.7 Å². The highest BCUT2D eigenvalue weighted by atomic mass is 16.2. The van der Waals surface area contributed by atoms with Crippen molar-refractivity contribution < 1.29 is 9.59 Å². The highest BCUT2D eigenvalue weighted by Gasteiger charge is 2.14. The fourth-order valence-corrected chi connectivity index (χ4v) is 2.47. The Labute approximate surface area is 157 Å². The van der Waals surface area contributed by atoms with Crippen LogP contribution < -0.4 is 10.6 Å². The van der Waals surface area contributed by atoms with Gasteiger partial charge in [-0.3, -0.25) is 9.59 Å². The van der Waals surface area contributed by atoms with Gasteiger partial charge < -0.3 is 10.6 Å². The highest BCUT2D eigenvalue weighted by molar-refractivity contribution is 5.92. The Bertz CT molecular complexity index is 981. The van der Waals surface area contributed by atoms with Gasteiger partial charge in [0.05, 0.1) is 0 Å². The molecular weight excluding hydrogens is 344 g/mol. The summed E-state index contributed by atoms with van der Waals surface area (Å²) in [6.45, 7) is 6.02. The van der Waals surface area contributed by atoms with Crippen LogP contribution in [0.15, 0.2) is 36.5 Å². The minimum atomic E-state index is -0.381. The second-order valence-corrected chi connectivity index (χ2v) is 6.42. The van der Waals surface area contributed by atoms with Gasteiger partial charge in [-0.05, 0) is 37.1 Å². The zero-order chi connectivity index (χ0) is 19.4. The Hall–Kier alpha value is -3.29. The van der Waals surface area contributed by atoms with Crippen LogP contribution in [0.4, 0.5) is 5.69 Å². The summed E-state index contributed by atoms with van der Waals surface area (Å²) >= 11 is 0. The summed E-state index contributed by atoms with van der Waals surface area (Å²) in [7, 11) is 0. The summed E-state index contributed by atoms with van der Waals surface area (Å²) in [5, 5.41) is 9.86. The van der Waals surface area contributed by atoms with Gasteiger partial charge in [-0.15, -0.1) is 5.10 Å². The monoisotopic (exact) mass is 366 g/mol. The van der Waals surface area contributed by atoms with Crippen molar-refractivity contribution in [1.82, 2.24) is 24.9 Å². The first kappa shape index (κ1) is 18.5. The lowest BCUT2D eigenvalue weighted by Gasteiger charge is -2.11. The Morgan fingerprint density at radius 1 is 1.26 bits per heavy atom. The van der Waals surface area contributed by atoms with Crippen LogP contribution in [-0.4, -0.2) is 31.4 Å². The highest BCUT2D eigenvalue weighted by Crippen LogP contribution is 2.13. The minimum absolute atomic E-state index is 0.0181. The normalized spacial score (nSPS) is 12.0. The number of fused-ring (bicyclic) bond motifs is 1. The molecule has 1 aromatic carbocycles. The van der Waals surface area contributed by atoms with Crippen LogP contribution in [0.3, 0.4) is 0 Å². The first-order valence-corrected chi connectivity index (χ1v) is 8.84. The molecule has 2 amide bonds. The Morgan fingerprint density at radius 3 is 2.81 bits per heavy atom. The fraction of sp³-hybridized carbons (Fsp3) is 0.316. The van der Waals surface area contributed by atoms with Gasteiger partial charge in [0.1, 0.15) is 0 Å². The summed E-state index contributed by atoms with van der Waals surface area (Å²) in [5.74, 6) is 0.00359. The van der Waals surface area contributed by atoms with E-state index in [1.165, 1.54) is 4.52 Å². The zero-order valence-corrected chi connectivity index (χ0v) is 15.6. The second-order valence-electron chi connectivity index (χ2n) is 6.42. The van der Waals surface area contributed by atoms with Crippen LogP contribution in [0.25, 0.3) is 5.78 Å². The summed E-state index contributed by atoms with van der Waals surface area (Å²) in [5.41, 5.74) is 2.41. The molecule has 2 N–H and O–H groups in total. The molecule has 8 heteroatoms. The number of carbonyl (C=O) groups excluding carboxylic acids is 2. The standard InChI is InChI=1S/C19H22N6O2/c1-4-12(2)17(26)22-15-7-5-6-14(10-15)11-21-18(27)16-23-19-20-9-8-13(3)25(19)24-16/h5-10,12H,4,11H2,1-3H3,(H,21,27)(H,22,26). The average molecular weight is 366 g/mol. The van der Waals surface area contributed by atoms with Crippen LogP contribution in [0.5, 0.6) is 0 Å². The third-order valence-electron chi connectivity index (χ3n) is 4.34. The van der Waals surface area contributed by atoms with Crippen molar-refractivity contribution in [2.24, 2.45) is 5.92 Å². The van der Waals surface area contributed by atoms with Gasteiger partial charge in [0.2, 0.25) is 11.7 Å². The molecule has 27 heavy (non-hydrogen) atoms. The molecule has 1 unspecified atom stereocenters. The molecule has 0 saturated carbocycles. The van der Waals surface area contributed by atoms with E-state index in [0.717, 1.165) is 17.7 Å². The smallest absolute Gasteiger partial charge is 0.291 e. The number of benzene rings is 1. The molecule has 3 aromatic rings. The molecule has 140 valence electrons. The SMILES string of the molecule is CCC(C)C(=O)Nc1cccc(CNC(=O)c2nc3nccc(C)n3n2)c1. The van der Waals surface area contributed by atoms with Crippen molar-refractivity contribution in [3.8, 4) is 0 Å². The molecule has 0 aliphatic rings. The van der Waals surface area contributed by atoms with Gasteiger partial charge >= 0.3 is 0 Å². The van der Waals surface area contributed by atoms with Gasteiger partial charge in [0, 0.05) is 30.0 Å². The van der Waals surface area contributed by atoms with E-state index < -0.39 is 0 Å². The number of aryl methyl sites for hydroxylation is 1. The molecule has 0 spiro atoms. The molecule has 8 nitrogen and oxygen atoms in total. The predicted octanol–water partition coefficient (Wildman–Crippen LogP) is 2.35. The molecular formula is C19H22N6O2. The molecule has 3 rings (SSSR count). The number of hydrogen-bond acceptors (Lipinski definition) is 5. The maximum Gasteiger partial charge on any atom is 0.291 e. The number of amides is 2. The maximum absolute atomic E-state index is 12.3.